The zero-order valence-corrected chi connectivity index (χ0v) is 15.8. The highest BCUT2D eigenvalue weighted by Gasteiger charge is 2.23. The maximum Gasteiger partial charge on any atom is 0.232 e. The molecule has 0 bridgehead atoms. The van der Waals surface area contributed by atoms with E-state index in [9.17, 15) is 0 Å². The summed E-state index contributed by atoms with van der Waals surface area (Å²) in [5, 5.41) is 3.24. The van der Waals surface area contributed by atoms with Gasteiger partial charge in [-0.05, 0) is 24.6 Å². The van der Waals surface area contributed by atoms with Gasteiger partial charge in [0.25, 0.3) is 0 Å². The molecule has 4 N–H and O–H groups in total. The minimum absolute atomic E-state index is 0.233. The third-order valence-corrected chi connectivity index (χ3v) is 4.80. The number of anilines is 4. The number of para-hydroxylation sites is 1. The maximum atomic E-state index is 5.92. The standard InChI is InChI=1S/C19H23N9/c1-14-5-2-3-6-15(14)23-18-25-16(24-17(20)26-18)13-27-9-11-28(12-10-27)19-21-7-4-8-22-19/h2-8H,9-13H2,1H3,(H3,20,23,24,25,26)/p+1. The molecule has 4 rings (SSSR count). The normalized spacial score (nSPS) is 14.8. The van der Waals surface area contributed by atoms with Crippen LogP contribution in [0.1, 0.15) is 11.4 Å². The first-order chi connectivity index (χ1) is 13.7. The molecular weight excluding hydrogens is 354 g/mol. The van der Waals surface area contributed by atoms with Crippen molar-refractivity contribution in [2.24, 2.45) is 0 Å². The van der Waals surface area contributed by atoms with Gasteiger partial charge in [0, 0.05) is 18.1 Å². The molecule has 28 heavy (non-hydrogen) atoms. The molecule has 144 valence electrons. The molecule has 1 fully saturated rings. The van der Waals surface area contributed by atoms with Gasteiger partial charge in [-0.2, -0.15) is 15.0 Å². The summed E-state index contributed by atoms with van der Waals surface area (Å²) in [7, 11) is 0. The highest BCUT2D eigenvalue weighted by Crippen LogP contribution is 2.17. The lowest BCUT2D eigenvalue weighted by Gasteiger charge is -2.31. The summed E-state index contributed by atoms with van der Waals surface area (Å²) in [5.74, 6) is 2.20. The zero-order chi connectivity index (χ0) is 19.3. The summed E-state index contributed by atoms with van der Waals surface area (Å²) in [6, 6.07) is 9.83. The average molecular weight is 378 g/mol. The van der Waals surface area contributed by atoms with E-state index in [1.807, 2.05) is 37.3 Å². The minimum Gasteiger partial charge on any atom is -0.368 e. The van der Waals surface area contributed by atoms with Gasteiger partial charge in [-0.15, -0.1) is 0 Å². The van der Waals surface area contributed by atoms with Crippen LogP contribution < -0.4 is 20.9 Å². The number of benzene rings is 1. The Kier molecular flexibility index (Phi) is 5.24. The van der Waals surface area contributed by atoms with Crippen LogP contribution in [-0.2, 0) is 6.54 Å². The van der Waals surface area contributed by atoms with Crippen LogP contribution in [0.15, 0.2) is 42.7 Å². The summed E-state index contributed by atoms with van der Waals surface area (Å²) in [6.07, 6.45) is 3.55. The molecule has 0 unspecified atom stereocenters. The number of aromatic nitrogens is 5. The first kappa shape index (κ1) is 18.1. The zero-order valence-electron chi connectivity index (χ0n) is 15.8. The molecule has 3 heterocycles. The van der Waals surface area contributed by atoms with Crippen molar-refractivity contribution in [2.75, 3.05) is 42.1 Å². The molecule has 1 aliphatic heterocycles. The molecule has 9 heteroatoms. The lowest BCUT2D eigenvalue weighted by molar-refractivity contribution is -0.915. The Morgan fingerprint density at radius 3 is 2.54 bits per heavy atom. The molecule has 3 aromatic rings. The molecular formula is C19H24N9+. The topological polar surface area (TPSA) is 110 Å². The fourth-order valence-electron chi connectivity index (χ4n) is 3.28. The van der Waals surface area contributed by atoms with Crippen LogP contribution in [-0.4, -0.2) is 51.1 Å². The quantitative estimate of drug-likeness (QED) is 0.578. The Bertz CT molecular complexity index is 924. The molecule has 9 nitrogen and oxygen atoms in total. The van der Waals surface area contributed by atoms with Crippen molar-refractivity contribution in [3.05, 3.63) is 54.1 Å². The second-order valence-corrected chi connectivity index (χ2v) is 6.84. The van der Waals surface area contributed by atoms with Gasteiger partial charge in [-0.3, -0.25) is 0 Å². The van der Waals surface area contributed by atoms with Crippen molar-refractivity contribution >= 4 is 23.5 Å². The van der Waals surface area contributed by atoms with E-state index in [1.54, 1.807) is 12.4 Å². The van der Waals surface area contributed by atoms with E-state index in [-0.39, 0.29) is 5.95 Å². The fourth-order valence-corrected chi connectivity index (χ4v) is 3.28. The van der Waals surface area contributed by atoms with E-state index in [0.29, 0.717) is 18.3 Å². The van der Waals surface area contributed by atoms with Crippen molar-refractivity contribution in [3.63, 3.8) is 0 Å². The predicted molar refractivity (Wildman–Crippen MR) is 107 cm³/mol. The van der Waals surface area contributed by atoms with Crippen molar-refractivity contribution < 1.29 is 4.90 Å². The smallest absolute Gasteiger partial charge is 0.232 e. The van der Waals surface area contributed by atoms with Crippen molar-refractivity contribution in [3.8, 4) is 0 Å². The SMILES string of the molecule is Cc1ccccc1Nc1nc(N)nc(C[NH+]2CCN(c3ncccn3)CC2)n1. The maximum absolute atomic E-state index is 5.92. The third-order valence-electron chi connectivity index (χ3n) is 4.80. The molecule has 0 aliphatic carbocycles. The van der Waals surface area contributed by atoms with Crippen LogP contribution in [0, 0.1) is 6.92 Å². The molecule has 0 spiro atoms. The summed E-state index contributed by atoms with van der Waals surface area (Å²) in [6.45, 7) is 6.46. The number of nitrogens with two attached hydrogens (primary N) is 1. The van der Waals surface area contributed by atoms with Gasteiger partial charge in [-0.25, -0.2) is 9.97 Å². The van der Waals surface area contributed by atoms with Gasteiger partial charge in [0.05, 0.1) is 26.2 Å². The number of hydrogen-bond acceptors (Lipinski definition) is 8. The van der Waals surface area contributed by atoms with E-state index in [0.717, 1.165) is 43.4 Å². The number of hydrogen-bond donors (Lipinski definition) is 3. The molecule has 2 aromatic heterocycles. The molecule has 0 radical (unpaired) electrons. The van der Waals surface area contributed by atoms with Crippen molar-refractivity contribution in [2.45, 2.75) is 13.5 Å². The van der Waals surface area contributed by atoms with Crippen LogP contribution >= 0.6 is 0 Å². The van der Waals surface area contributed by atoms with E-state index in [4.69, 9.17) is 5.73 Å². The first-order valence-corrected chi connectivity index (χ1v) is 9.36. The van der Waals surface area contributed by atoms with Gasteiger partial charge in [0.2, 0.25) is 17.8 Å². The number of aryl methyl sites for hydroxylation is 1. The highest BCUT2D eigenvalue weighted by molar-refractivity contribution is 5.58. The van der Waals surface area contributed by atoms with Gasteiger partial charge in [-0.1, -0.05) is 18.2 Å². The number of nitrogens with one attached hydrogen (secondary N) is 2. The lowest BCUT2D eigenvalue weighted by atomic mass is 10.2. The summed E-state index contributed by atoms with van der Waals surface area (Å²) in [4.78, 5) is 25.4. The Morgan fingerprint density at radius 2 is 1.79 bits per heavy atom. The highest BCUT2D eigenvalue weighted by atomic mass is 15.3. The van der Waals surface area contributed by atoms with Crippen LogP contribution in [0.4, 0.5) is 23.5 Å². The van der Waals surface area contributed by atoms with E-state index >= 15 is 0 Å². The van der Waals surface area contributed by atoms with Crippen LogP contribution in [0.25, 0.3) is 0 Å². The number of nitrogens with zero attached hydrogens (tertiary/aromatic N) is 6. The summed E-state index contributed by atoms with van der Waals surface area (Å²) in [5.41, 5.74) is 8.00. The van der Waals surface area contributed by atoms with E-state index in [1.165, 1.54) is 4.90 Å². The van der Waals surface area contributed by atoms with E-state index < -0.39 is 0 Å². The Labute approximate surface area is 163 Å². The summed E-state index contributed by atoms with van der Waals surface area (Å²) < 4.78 is 0. The second-order valence-electron chi connectivity index (χ2n) is 6.84. The molecule has 1 aliphatic rings. The molecule has 1 saturated heterocycles. The third kappa shape index (κ3) is 4.32. The van der Waals surface area contributed by atoms with Gasteiger partial charge < -0.3 is 20.9 Å². The lowest BCUT2D eigenvalue weighted by Crippen LogP contribution is -3.13. The van der Waals surface area contributed by atoms with Gasteiger partial charge in [0.1, 0.15) is 6.54 Å². The number of nitrogen functional groups attached to an aromatic ring is 1. The number of piperazine rings is 1. The fraction of sp³-hybridized carbons (Fsp3) is 0.316. The molecule has 0 atom stereocenters. The summed E-state index contributed by atoms with van der Waals surface area (Å²) >= 11 is 0. The average Bonchev–Trinajstić information content (AvgIpc) is 2.71. The van der Waals surface area contributed by atoms with Crippen LogP contribution in [0.5, 0.6) is 0 Å². The minimum atomic E-state index is 0.233. The van der Waals surface area contributed by atoms with Gasteiger partial charge in [0.15, 0.2) is 5.82 Å². The van der Waals surface area contributed by atoms with Crippen molar-refractivity contribution in [1.29, 1.82) is 0 Å². The number of quaternary nitrogens is 1. The van der Waals surface area contributed by atoms with Crippen LogP contribution in [0.2, 0.25) is 0 Å². The second kappa shape index (κ2) is 8.13. The largest absolute Gasteiger partial charge is 0.368 e. The molecule has 0 saturated carbocycles. The first-order valence-electron chi connectivity index (χ1n) is 9.36. The molecule has 1 aromatic carbocycles. The Hall–Kier alpha value is -3.33. The molecule has 0 amide bonds. The van der Waals surface area contributed by atoms with E-state index in [2.05, 4.69) is 35.1 Å². The van der Waals surface area contributed by atoms with Gasteiger partial charge >= 0.3 is 0 Å². The predicted octanol–water partition coefficient (Wildman–Crippen LogP) is 0.201. The number of rotatable bonds is 5. The Balaban J connectivity index is 1.40. The Morgan fingerprint density at radius 1 is 1.04 bits per heavy atom. The van der Waals surface area contributed by atoms with Crippen molar-refractivity contribution in [1.82, 2.24) is 24.9 Å². The monoisotopic (exact) mass is 378 g/mol. The van der Waals surface area contributed by atoms with Crippen LogP contribution in [0.3, 0.4) is 0 Å².